The smallest absolute Gasteiger partial charge is 0.254 e. The third-order valence-corrected chi connectivity index (χ3v) is 4.38. The number of aromatic nitrogens is 2. The number of hydrogen-bond donors (Lipinski definition) is 1. The fourth-order valence-electron chi connectivity index (χ4n) is 2.84. The van der Waals surface area contributed by atoms with Gasteiger partial charge in [0.05, 0.1) is 12.7 Å². The minimum absolute atomic E-state index is 0.207. The van der Waals surface area contributed by atoms with Gasteiger partial charge in [-0.1, -0.05) is 24.3 Å². The van der Waals surface area contributed by atoms with Crippen molar-refractivity contribution in [3.05, 3.63) is 77.6 Å². The molecule has 0 atom stereocenters. The molecule has 2 aromatic carbocycles. The Kier molecular flexibility index (Phi) is 6.22. The van der Waals surface area contributed by atoms with Gasteiger partial charge >= 0.3 is 0 Å². The number of anilines is 2. The van der Waals surface area contributed by atoms with Crippen molar-refractivity contribution >= 4 is 17.5 Å². The van der Waals surface area contributed by atoms with E-state index in [2.05, 4.69) is 34.3 Å². The van der Waals surface area contributed by atoms with E-state index in [0.717, 1.165) is 23.5 Å². The molecule has 1 N–H and O–H groups in total. The zero-order valence-corrected chi connectivity index (χ0v) is 16.3. The average molecular weight is 376 g/mol. The van der Waals surface area contributed by atoms with E-state index in [4.69, 9.17) is 4.74 Å². The van der Waals surface area contributed by atoms with E-state index in [1.54, 1.807) is 19.5 Å². The fourth-order valence-corrected chi connectivity index (χ4v) is 2.84. The lowest BCUT2D eigenvalue weighted by molar-refractivity contribution is 0.0950. The summed E-state index contributed by atoms with van der Waals surface area (Å²) in [5, 5.41) is 2.88. The number of aryl methyl sites for hydroxylation is 1. The maximum absolute atomic E-state index is 12.4. The predicted octanol–water partition coefficient (Wildman–Crippen LogP) is 3.88. The van der Waals surface area contributed by atoms with Gasteiger partial charge in [-0.25, -0.2) is 9.97 Å². The maximum atomic E-state index is 12.4. The monoisotopic (exact) mass is 376 g/mol. The van der Waals surface area contributed by atoms with Gasteiger partial charge < -0.3 is 15.0 Å². The van der Waals surface area contributed by atoms with Crippen LogP contribution in [0, 0.1) is 6.92 Å². The lowest BCUT2D eigenvalue weighted by atomic mass is 10.2. The van der Waals surface area contributed by atoms with Gasteiger partial charge in [-0.3, -0.25) is 4.79 Å². The second kappa shape index (κ2) is 8.99. The van der Waals surface area contributed by atoms with Crippen LogP contribution in [0.5, 0.6) is 5.75 Å². The van der Waals surface area contributed by atoms with Crippen molar-refractivity contribution < 1.29 is 9.53 Å². The van der Waals surface area contributed by atoms with E-state index in [0.29, 0.717) is 18.1 Å². The van der Waals surface area contributed by atoms with E-state index < -0.39 is 0 Å². The normalized spacial score (nSPS) is 10.4. The number of carbonyl (C=O) groups excluding carboxylic acids is 1. The van der Waals surface area contributed by atoms with Crippen LogP contribution < -0.4 is 15.0 Å². The molecule has 0 aliphatic heterocycles. The fraction of sp³-hybridized carbons (Fsp3) is 0.227. The standard InChI is InChI=1S/C22H24N4O2/c1-4-26(19-7-5-6-16(2)12-19)22-24-14-18(15-25-22)21(27)23-13-17-8-10-20(28-3)11-9-17/h5-12,14-15H,4,13H2,1-3H3,(H,23,27). The molecule has 0 saturated heterocycles. The first kappa shape index (κ1) is 19.4. The molecule has 1 amide bonds. The first-order valence-electron chi connectivity index (χ1n) is 9.18. The van der Waals surface area contributed by atoms with Gasteiger partial charge in [-0.05, 0) is 49.2 Å². The number of nitrogens with zero attached hydrogens (tertiary/aromatic N) is 3. The molecule has 0 saturated carbocycles. The van der Waals surface area contributed by atoms with Gasteiger partial charge in [-0.2, -0.15) is 0 Å². The lowest BCUT2D eigenvalue weighted by Gasteiger charge is -2.21. The van der Waals surface area contributed by atoms with Gasteiger partial charge in [0.15, 0.2) is 0 Å². The van der Waals surface area contributed by atoms with Gasteiger partial charge in [-0.15, -0.1) is 0 Å². The molecule has 6 nitrogen and oxygen atoms in total. The van der Waals surface area contributed by atoms with Crippen molar-refractivity contribution in [1.82, 2.24) is 15.3 Å². The van der Waals surface area contributed by atoms with Crippen LogP contribution in [0.3, 0.4) is 0 Å². The summed E-state index contributed by atoms with van der Waals surface area (Å²) in [7, 11) is 1.62. The Morgan fingerprint density at radius 2 is 1.82 bits per heavy atom. The van der Waals surface area contributed by atoms with E-state index in [9.17, 15) is 4.79 Å². The highest BCUT2D eigenvalue weighted by Crippen LogP contribution is 2.22. The Labute approximate surface area is 165 Å². The highest BCUT2D eigenvalue weighted by Gasteiger charge is 2.12. The van der Waals surface area contributed by atoms with Gasteiger partial charge in [0.1, 0.15) is 5.75 Å². The number of hydrogen-bond acceptors (Lipinski definition) is 5. The maximum Gasteiger partial charge on any atom is 0.254 e. The van der Waals surface area contributed by atoms with E-state index in [-0.39, 0.29) is 5.91 Å². The van der Waals surface area contributed by atoms with Crippen LogP contribution in [0.25, 0.3) is 0 Å². The molecule has 0 fully saturated rings. The number of nitrogens with one attached hydrogen (secondary N) is 1. The summed E-state index contributed by atoms with van der Waals surface area (Å²) in [6, 6.07) is 15.7. The van der Waals surface area contributed by atoms with Crippen molar-refractivity contribution in [3.63, 3.8) is 0 Å². The number of methoxy groups -OCH3 is 1. The topological polar surface area (TPSA) is 67.4 Å². The summed E-state index contributed by atoms with van der Waals surface area (Å²) in [4.78, 5) is 23.2. The molecular formula is C22H24N4O2. The Bertz CT molecular complexity index is 924. The van der Waals surface area contributed by atoms with Crippen molar-refractivity contribution in [1.29, 1.82) is 0 Å². The predicted molar refractivity (Wildman–Crippen MR) is 110 cm³/mol. The Morgan fingerprint density at radius 3 is 2.43 bits per heavy atom. The molecule has 0 unspecified atom stereocenters. The minimum Gasteiger partial charge on any atom is -0.497 e. The van der Waals surface area contributed by atoms with Crippen molar-refractivity contribution in [3.8, 4) is 5.75 Å². The number of carbonyl (C=O) groups is 1. The third-order valence-electron chi connectivity index (χ3n) is 4.38. The first-order chi connectivity index (χ1) is 13.6. The van der Waals surface area contributed by atoms with Crippen LogP contribution in [-0.2, 0) is 6.54 Å². The van der Waals surface area contributed by atoms with Crippen LogP contribution in [0.2, 0.25) is 0 Å². The van der Waals surface area contributed by atoms with Crippen molar-refractivity contribution in [2.45, 2.75) is 20.4 Å². The molecule has 1 heterocycles. The zero-order chi connectivity index (χ0) is 19.9. The van der Waals surface area contributed by atoms with Crippen LogP contribution >= 0.6 is 0 Å². The van der Waals surface area contributed by atoms with Crippen LogP contribution in [0.1, 0.15) is 28.4 Å². The van der Waals surface area contributed by atoms with Crippen molar-refractivity contribution in [2.75, 3.05) is 18.6 Å². The summed E-state index contributed by atoms with van der Waals surface area (Å²) >= 11 is 0. The number of ether oxygens (including phenoxy) is 1. The first-order valence-corrected chi connectivity index (χ1v) is 9.18. The molecule has 1 aromatic heterocycles. The molecule has 3 rings (SSSR count). The molecular weight excluding hydrogens is 352 g/mol. The molecule has 28 heavy (non-hydrogen) atoms. The quantitative estimate of drug-likeness (QED) is 0.678. The van der Waals surface area contributed by atoms with Gasteiger partial charge in [0, 0.05) is 31.2 Å². The second-order valence-corrected chi connectivity index (χ2v) is 6.39. The highest BCUT2D eigenvalue weighted by atomic mass is 16.5. The zero-order valence-electron chi connectivity index (χ0n) is 16.3. The average Bonchev–Trinajstić information content (AvgIpc) is 2.73. The Balaban J connectivity index is 1.66. The molecule has 144 valence electrons. The summed E-state index contributed by atoms with van der Waals surface area (Å²) in [5.74, 6) is 1.15. The minimum atomic E-state index is -0.207. The largest absolute Gasteiger partial charge is 0.497 e. The lowest BCUT2D eigenvalue weighted by Crippen LogP contribution is -2.24. The molecule has 0 radical (unpaired) electrons. The third kappa shape index (κ3) is 4.65. The summed E-state index contributed by atoms with van der Waals surface area (Å²) in [5.41, 5.74) is 3.62. The Morgan fingerprint density at radius 1 is 1.11 bits per heavy atom. The number of rotatable bonds is 7. The summed E-state index contributed by atoms with van der Waals surface area (Å²) < 4.78 is 5.13. The molecule has 0 aliphatic carbocycles. The Hall–Kier alpha value is -3.41. The van der Waals surface area contributed by atoms with Gasteiger partial charge in [0.2, 0.25) is 5.95 Å². The second-order valence-electron chi connectivity index (χ2n) is 6.39. The summed E-state index contributed by atoms with van der Waals surface area (Å²) in [6.07, 6.45) is 3.12. The van der Waals surface area contributed by atoms with E-state index in [1.165, 1.54) is 5.56 Å². The van der Waals surface area contributed by atoms with Crippen LogP contribution in [0.4, 0.5) is 11.6 Å². The molecule has 6 heteroatoms. The molecule has 0 aliphatic rings. The van der Waals surface area contributed by atoms with E-state index in [1.807, 2.05) is 48.2 Å². The van der Waals surface area contributed by atoms with Crippen LogP contribution in [-0.4, -0.2) is 29.5 Å². The molecule has 3 aromatic rings. The SMILES string of the molecule is CCN(c1cccc(C)c1)c1ncc(C(=O)NCc2ccc(OC)cc2)cn1. The van der Waals surface area contributed by atoms with Crippen LogP contribution in [0.15, 0.2) is 60.9 Å². The molecule has 0 spiro atoms. The highest BCUT2D eigenvalue weighted by molar-refractivity contribution is 5.93. The van der Waals surface area contributed by atoms with Crippen molar-refractivity contribution in [2.24, 2.45) is 0 Å². The van der Waals surface area contributed by atoms with Gasteiger partial charge in [0.25, 0.3) is 5.91 Å². The number of amides is 1. The van der Waals surface area contributed by atoms with E-state index >= 15 is 0 Å². The number of benzene rings is 2. The molecule has 0 bridgehead atoms. The summed E-state index contributed by atoms with van der Waals surface area (Å²) in [6.45, 7) is 5.25.